The van der Waals surface area contributed by atoms with Crippen LogP contribution in [0.4, 0.5) is 4.39 Å². The van der Waals surface area contributed by atoms with Crippen LogP contribution in [0, 0.1) is 5.82 Å². The van der Waals surface area contributed by atoms with E-state index in [1.807, 2.05) is 26.0 Å². The van der Waals surface area contributed by atoms with E-state index in [1.165, 1.54) is 12.1 Å². The van der Waals surface area contributed by atoms with Crippen LogP contribution in [-0.4, -0.2) is 25.8 Å². The van der Waals surface area contributed by atoms with E-state index in [0.29, 0.717) is 42.1 Å². The van der Waals surface area contributed by atoms with Gasteiger partial charge in [-0.25, -0.2) is 4.39 Å². The van der Waals surface area contributed by atoms with E-state index in [0.717, 1.165) is 16.6 Å². The molecule has 2 aromatic carbocycles. The molecular weight excluding hydrogens is 425 g/mol. The minimum absolute atomic E-state index is 0.0640. The van der Waals surface area contributed by atoms with Gasteiger partial charge in [-0.05, 0) is 67.1 Å². The summed E-state index contributed by atoms with van der Waals surface area (Å²) < 4.78 is 20.3. The SMILES string of the molecule is CC(C)c1nc(-c2ccc3c(=O)n(-c4ccc(F)cc4)c(CCCCC(=O)O)cc3c2)no1. The molecule has 2 heterocycles. The molecule has 2 aromatic heterocycles. The monoisotopic (exact) mass is 449 g/mol. The molecule has 1 N–H and O–H groups in total. The maximum absolute atomic E-state index is 13.5. The number of halogens is 1. The fourth-order valence-electron chi connectivity index (χ4n) is 3.74. The summed E-state index contributed by atoms with van der Waals surface area (Å²) in [6.07, 6.45) is 1.65. The lowest BCUT2D eigenvalue weighted by Crippen LogP contribution is -2.22. The highest BCUT2D eigenvalue weighted by molar-refractivity contribution is 5.86. The smallest absolute Gasteiger partial charge is 0.303 e. The van der Waals surface area contributed by atoms with Gasteiger partial charge in [0.05, 0.1) is 0 Å². The number of carboxylic acid groups (broad SMARTS) is 1. The Morgan fingerprint density at radius 1 is 1.12 bits per heavy atom. The summed E-state index contributed by atoms with van der Waals surface area (Å²) in [5.41, 5.74) is 1.78. The summed E-state index contributed by atoms with van der Waals surface area (Å²) in [5.74, 6) is -0.148. The van der Waals surface area contributed by atoms with Gasteiger partial charge in [0.25, 0.3) is 5.56 Å². The number of fused-ring (bicyclic) bond motifs is 1. The fraction of sp³-hybridized carbons (Fsp3) is 0.280. The molecule has 0 amide bonds. The number of aromatic nitrogens is 3. The van der Waals surface area contributed by atoms with Gasteiger partial charge >= 0.3 is 5.97 Å². The Labute approximate surface area is 189 Å². The van der Waals surface area contributed by atoms with Crippen molar-refractivity contribution >= 4 is 16.7 Å². The van der Waals surface area contributed by atoms with Crippen molar-refractivity contribution in [3.8, 4) is 17.1 Å². The number of hydrogen-bond donors (Lipinski definition) is 1. The van der Waals surface area contributed by atoms with E-state index in [-0.39, 0.29) is 23.7 Å². The molecule has 0 saturated carbocycles. The van der Waals surface area contributed by atoms with Crippen LogP contribution in [-0.2, 0) is 11.2 Å². The van der Waals surface area contributed by atoms with E-state index in [2.05, 4.69) is 10.1 Å². The third-order valence-electron chi connectivity index (χ3n) is 5.45. The van der Waals surface area contributed by atoms with E-state index in [1.54, 1.807) is 28.8 Å². The molecule has 0 spiro atoms. The molecule has 0 fully saturated rings. The first-order valence-corrected chi connectivity index (χ1v) is 10.8. The molecule has 0 aliphatic heterocycles. The van der Waals surface area contributed by atoms with Crippen LogP contribution < -0.4 is 5.56 Å². The number of aliphatic carboxylic acids is 1. The van der Waals surface area contributed by atoms with Crippen LogP contribution in [0.5, 0.6) is 0 Å². The van der Waals surface area contributed by atoms with E-state index in [4.69, 9.17) is 9.63 Å². The summed E-state index contributed by atoms with van der Waals surface area (Å²) >= 11 is 0. The summed E-state index contributed by atoms with van der Waals surface area (Å²) in [5, 5.41) is 14.2. The average molecular weight is 449 g/mol. The predicted octanol–water partition coefficient (Wildman–Crippen LogP) is 5.10. The van der Waals surface area contributed by atoms with Crippen molar-refractivity contribution in [1.29, 1.82) is 0 Å². The normalized spacial score (nSPS) is 11.4. The van der Waals surface area contributed by atoms with Crippen molar-refractivity contribution in [2.24, 2.45) is 0 Å². The number of nitrogens with zero attached hydrogens (tertiary/aromatic N) is 3. The highest BCUT2D eigenvalue weighted by Crippen LogP contribution is 2.25. The second-order valence-electron chi connectivity index (χ2n) is 8.27. The lowest BCUT2D eigenvalue weighted by molar-refractivity contribution is -0.137. The van der Waals surface area contributed by atoms with Crippen molar-refractivity contribution < 1.29 is 18.8 Å². The Balaban J connectivity index is 1.80. The molecule has 8 heteroatoms. The number of carbonyl (C=O) groups is 1. The number of hydrogen-bond acceptors (Lipinski definition) is 5. The van der Waals surface area contributed by atoms with Gasteiger partial charge in [-0.3, -0.25) is 14.2 Å². The summed E-state index contributed by atoms with van der Waals surface area (Å²) in [4.78, 5) is 28.7. The quantitative estimate of drug-likeness (QED) is 0.376. The third-order valence-corrected chi connectivity index (χ3v) is 5.45. The number of aryl methyl sites for hydroxylation is 1. The van der Waals surface area contributed by atoms with E-state index in [9.17, 15) is 14.0 Å². The van der Waals surface area contributed by atoms with Gasteiger partial charge in [-0.1, -0.05) is 25.1 Å². The standard InChI is InChI=1S/C25H24FN3O4/c1-15(2)24-27-23(28-33-24)16-7-12-21-17(13-16)14-20(5-3-4-6-22(30)31)29(25(21)32)19-10-8-18(26)9-11-19/h7-15H,3-6H2,1-2H3,(H,30,31). The molecule has 0 aliphatic carbocycles. The zero-order valence-corrected chi connectivity index (χ0v) is 18.4. The Morgan fingerprint density at radius 3 is 2.55 bits per heavy atom. The molecular formula is C25H24FN3O4. The van der Waals surface area contributed by atoms with Crippen LogP contribution in [0.3, 0.4) is 0 Å². The van der Waals surface area contributed by atoms with E-state index < -0.39 is 5.97 Å². The Hall–Kier alpha value is -3.81. The molecule has 7 nitrogen and oxygen atoms in total. The van der Waals surface area contributed by atoms with Crippen molar-refractivity contribution in [3.63, 3.8) is 0 Å². The topological polar surface area (TPSA) is 98.2 Å². The molecule has 4 aromatic rings. The van der Waals surface area contributed by atoms with Gasteiger partial charge in [0.2, 0.25) is 11.7 Å². The van der Waals surface area contributed by atoms with Crippen LogP contribution in [0.25, 0.3) is 27.8 Å². The molecule has 0 bridgehead atoms. The molecule has 170 valence electrons. The summed E-state index contributed by atoms with van der Waals surface area (Å²) in [7, 11) is 0. The second kappa shape index (κ2) is 9.36. The lowest BCUT2D eigenvalue weighted by atomic mass is 10.0. The summed E-state index contributed by atoms with van der Waals surface area (Å²) in [6.45, 7) is 3.93. The third kappa shape index (κ3) is 4.84. The van der Waals surface area contributed by atoms with Gasteiger partial charge < -0.3 is 9.63 Å². The molecule has 0 radical (unpaired) electrons. The van der Waals surface area contributed by atoms with Gasteiger partial charge in [-0.2, -0.15) is 4.98 Å². The van der Waals surface area contributed by atoms with Gasteiger partial charge in [0.1, 0.15) is 5.82 Å². The minimum Gasteiger partial charge on any atom is -0.481 e. The molecule has 4 rings (SSSR count). The fourth-order valence-corrected chi connectivity index (χ4v) is 3.74. The highest BCUT2D eigenvalue weighted by Gasteiger charge is 2.15. The predicted molar refractivity (Wildman–Crippen MR) is 122 cm³/mol. The first kappa shape index (κ1) is 22.4. The van der Waals surface area contributed by atoms with E-state index >= 15 is 0 Å². The van der Waals surface area contributed by atoms with Gasteiger partial charge in [-0.15, -0.1) is 0 Å². The maximum atomic E-state index is 13.5. The summed E-state index contributed by atoms with van der Waals surface area (Å²) in [6, 6.07) is 13.0. The van der Waals surface area contributed by atoms with Crippen molar-refractivity contribution in [3.05, 3.63) is 76.3 Å². The number of benzene rings is 2. The van der Waals surface area contributed by atoms with Crippen molar-refractivity contribution in [1.82, 2.24) is 14.7 Å². The molecule has 0 aliphatic rings. The van der Waals surface area contributed by atoms with Crippen LogP contribution >= 0.6 is 0 Å². The van der Waals surface area contributed by atoms with Crippen LogP contribution in [0.1, 0.15) is 50.6 Å². The zero-order chi connectivity index (χ0) is 23.5. The Morgan fingerprint density at radius 2 is 1.88 bits per heavy atom. The Bertz CT molecular complexity index is 1360. The molecule has 0 saturated heterocycles. The van der Waals surface area contributed by atoms with Gasteiger partial charge in [0, 0.05) is 34.7 Å². The van der Waals surface area contributed by atoms with Crippen molar-refractivity contribution in [2.75, 3.05) is 0 Å². The average Bonchev–Trinajstić information content (AvgIpc) is 3.28. The van der Waals surface area contributed by atoms with Gasteiger partial charge in [0.15, 0.2) is 0 Å². The number of carboxylic acids is 1. The Kier molecular flexibility index (Phi) is 6.35. The number of pyridine rings is 1. The zero-order valence-electron chi connectivity index (χ0n) is 18.4. The van der Waals surface area contributed by atoms with Crippen LogP contribution in [0.2, 0.25) is 0 Å². The number of unbranched alkanes of at least 4 members (excludes halogenated alkanes) is 1. The molecule has 0 unspecified atom stereocenters. The molecule has 0 atom stereocenters. The highest BCUT2D eigenvalue weighted by atomic mass is 19.1. The minimum atomic E-state index is -0.852. The molecule has 33 heavy (non-hydrogen) atoms. The van der Waals surface area contributed by atoms with Crippen LogP contribution in [0.15, 0.2) is 57.8 Å². The first-order valence-electron chi connectivity index (χ1n) is 10.8. The number of rotatable bonds is 8. The largest absolute Gasteiger partial charge is 0.481 e. The van der Waals surface area contributed by atoms with Crippen molar-refractivity contribution in [2.45, 2.75) is 45.4 Å². The second-order valence-corrected chi connectivity index (χ2v) is 8.27. The maximum Gasteiger partial charge on any atom is 0.303 e. The first-order chi connectivity index (χ1) is 15.8. The lowest BCUT2D eigenvalue weighted by Gasteiger charge is -2.15.